The van der Waals surface area contributed by atoms with Crippen molar-refractivity contribution in [1.82, 2.24) is 30.0 Å². The fraction of sp³-hybridized carbons (Fsp3) is 0.352. The summed E-state index contributed by atoms with van der Waals surface area (Å²) in [5.74, 6) is 2.84. The Morgan fingerprint density at radius 1 is 0.631 bits per heavy atom. The summed E-state index contributed by atoms with van der Waals surface area (Å²) in [6, 6.07) is 48.2. The monoisotopic (exact) mass is 914 g/mol. The summed E-state index contributed by atoms with van der Waals surface area (Å²) in [5, 5.41) is 4.76. The predicted octanol–water partition coefficient (Wildman–Crippen LogP) is 10.6. The molecule has 2 aliphatic heterocycles. The van der Waals surface area contributed by atoms with E-state index in [-0.39, 0.29) is 18.0 Å². The molecule has 0 aliphatic carbocycles. The third-order valence-electron chi connectivity index (χ3n) is 12.0. The summed E-state index contributed by atoms with van der Waals surface area (Å²) in [6.07, 6.45) is 9.19. The summed E-state index contributed by atoms with van der Waals surface area (Å²) in [4.78, 5) is 27.0. The van der Waals surface area contributed by atoms with Crippen LogP contribution < -0.4 is 14.8 Å². The number of para-hydroxylation sites is 2. The summed E-state index contributed by atoms with van der Waals surface area (Å²) in [6.45, 7) is 8.74. The minimum atomic E-state index is 0.110. The first-order valence-electron chi connectivity index (χ1n) is 22.8. The first-order valence-corrected chi connectivity index (χ1v) is 23.6. The van der Waals surface area contributed by atoms with Crippen LogP contribution in [0, 0.1) is 11.8 Å². The number of nitrogens with zero attached hydrogens (tertiary/aromatic N) is 5. The van der Waals surface area contributed by atoms with E-state index in [1.54, 1.807) is 6.20 Å². The van der Waals surface area contributed by atoms with Gasteiger partial charge in [-0.15, -0.1) is 0 Å². The smallest absolute Gasteiger partial charge is 0.123 e. The zero-order valence-corrected chi connectivity index (χ0v) is 39.3. The number of ether oxygens (including phenoxy) is 2. The molecule has 0 spiro atoms. The standard InChI is InChI=1S/C27H32ClN3O.C14H19NO2.C13H13ClN2/c1-30(27(26-9-5-6-16-29-26)23-10-12-24(28)13-11-23)21-22-14-17-31(18-15-22)19-20-32-25-7-3-2-4-8-25;16-12-13-6-8-15(9-7-13)10-11-17-14-4-2-1-3-5-14;1-15-13(12-4-2-3-9-16-12)10-5-7-11(14)8-6-10/h2-13,16,22,27H,14-15,17-21H2,1H3;1-5,12-13H,6-11H2;2-9,13,15H,1H3. The van der Waals surface area contributed by atoms with E-state index >= 15 is 0 Å². The molecule has 11 heteroatoms. The number of aldehydes is 1. The van der Waals surface area contributed by atoms with Gasteiger partial charge in [0.2, 0.25) is 0 Å². The molecule has 2 fully saturated rings. The van der Waals surface area contributed by atoms with E-state index < -0.39 is 0 Å². The van der Waals surface area contributed by atoms with Gasteiger partial charge in [-0.1, -0.05) is 96.0 Å². The molecule has 2 aromatic heterocycles. The molecule has 4 heterocycles. The fourth-order valence-electron chi connectivity index (χ4n) is 8.36. The number of rotatable bonds is 17. The molecule has 8 rings (SSSR count). The van der Waals surface area contributed by atoms with Crippen molar-refractivity contribution in [2.24, 2.45) is 11.8 Å². The van der Waals surface area contributed by atoms with Crippen LogP contribution >= 0.6 is 23.2 Å². The highest BCUT2D eigenvalue weighted by Crippen LogP contribution is 2.30. The van der Waals surface area contributed by atoms with Crippen LogP contribution in [-0.4, -0.2) is 104 Å². The molecule has 9 nitrogen and oxygen atoms in total. The average Bonchev–Trinajstić information content (AvgIpc) is 3.36. The topological polar surface area (TPSA) is 83.1 Å². The first kappa shape index (κ1) is 49.3. The van der Waals surface area contributed by atoms with Crippen molar-refractivity contribution in [3.8, 4) is 11.5 Å². The van der Waals surface area contributed by atoms with Crippen LogP contribution in [0.15, 0.2) is 158 Å². The number of hydrogen-bond donors (Lipinski definition) is 1. The van der Waals surface area contributed by atoms with E-state index in [1.807, 2.05) is 135 Å². The van der Waals surface area contributed by atoms with Crippen LogP contribution in [0.5, 0.6) is 11.5 Å². The molecule has 0 bridgehead atoms. The molecule has 0 radical (unpaired) electrons. The molecule has 2 aliphatic rings. The summed E-state index contributed by atoms with van der Waals surface area (Å²) >= 11 is 12.0. The van der Waals surface area contributed by atoms with Crippen LogP contribution in [0.3, 0.4) is 0 Å². The highest BCUT2D eigenvalue weighted by atomic mass is 35.5. The molecule has 2 unspecified atom stereocenters. The van der Waals surface area contributed by atoms with E-state index in [0.29, 0.717) is 5.92 Å². The number of pyridine rings is 2. The van der Waals surface area contributed by atoms with E-state index in [1.165, 1.54) is 18.4 Å². The Bertz CT molecular complexity index is 2180. The molecule has 1 N–H and O–H groups in total. The molecule has 342 valence electrons. The van der Waals surface area contributed by atoms with E-state index in [2.05, 4.69) is 61.3 Å². The second-order valence-electron chi connectivity index (χ2n) is 16.6. The lowest BCUT2D eigenvalue weighted by atomic mass is 9.94. The summed E-state index contributed by atoms with van der Waals surface area (Å²) in [5.41, 5.74) is 4.47. The number of halogens is 2. The zero-order valence-electron chi connectivity index (χ0n) is 37.8. The van der Waals surface area contributed by atoms with Crippen molar-refractivity contribution in [2.45, 2.75) is 37.8 Å². The Morgan fingerprint density at radius 2 is 1.09 bits per heavy atom. The number of hydrogen-bond acceptors (Lipinski definition) is 9. The van der Waals surface area contributed by atoms with Crippen LogP contribution in [-0.2, 0) is 4.79 Å². The van der Waals surface area contributed by atoms with Gasteiger partial charge in [0, 0.05) is 48.0 Å². The minimum Gasteiger partial charge on any atom is -0.492 e. The van der Waals surface area contributed by atoms with Crippen molar-refractivity contribution in [3.63, 3.8) is 0 Å². The zero-order chi connectivity index (χ0) is 45.5. The quantitative estimate of drug-likeness (QED) is 0.0900. The van der Waals surface area contributed by atoms with Crippen molar-refractivity contribution >= 4 is 29.5 Å². The van der Waals surface area contributed by atoms with Gasteiger partial charge in [0.15, 0.2) is 0 Å². The molecule has 0 saturated carbocycles. The van der Waals surface area contributed by atoms with Gasteiger partial charge in [0.1, 0.15) is 31.0 Å². The highest BCUT2D eigenvalue weighted by molar-refractivity contribution is 6.30. The van der Waals surface area contributed by atoms with Gasteiger partial charge in [0.25, 0.3) is 0 Å². The number of likely N-dealkylation sites (tertiary alicyclic amines) is 2. The average molecular weight is 916 g/mol. The summed E-state index contributed by atoms with van der Waals surface area (Å²) in [7, 11) is 4.14. The van der Waals surface area contributed by atoms with Gasteiger partial charge < -0.3 is 19.6 Å². The Balaban J connectivity index is 0.000000178. The van der Waals surface area contributed by atoms with Gasteiger partial charge >= 0.3 is 0 Å². The van der Waals surface area contributed by atoms with Crippen LogP contribution in [0.25, 0.3) is 0 Å². The van der Waals surface area contributed by atoms with Gasteiger partial charge in [-0.2, -0.15) is 0 Å². The second kappa shape index (κ2) is 27.4. The van der Waals surface area contributed by atoms with Crippen molar-refractivity contribution in [3.05, 3.63) is 191 Å². The Morgan fingerprint density at radius 3 is 1.55 bits per heavy atom. The molecular weight excluding hydrogens is 852 g/mol. The number of carbonyl (C=O) groups is 1. The predicted molar refractivity (Wildman–Crippen MR) is 265 cm³/mol. The van der Waals surface area contributed by atoms with E-state index in [9.17, 15) is 4.79 Å². The fourth-order valence-corrected chi connectivity index (χ4v) is 8.61. The van der Waals surface area contributed by atoms with E-state index in [4.69, 9.17) is 32.7 Å². The number of benzene rings is 4. The highest BCUT2D eigenvalue weighted by Gasteiger charge is 2.26. The summed E-state index contributed by atoms with van der Waals surface area (Å²) < 4.78 is 11.5. The number of nitrogens with one attached hydrogen (secondary N) is 1. The SMILES string of the molecule is CN(CC1CCN(CCOc2ccccc2)CC1)C(c1ccc(Cl)cc1)c1ccccn1.CNC(c1ccc(Cl)cc1)c1ccccn1.O=CC1CCN(CCOc2ccccc2)CC1. The lowest BCUT2D eigenvalue weighted by Crippen LogP contribution is -2.40. The molecule has 0 amide bonds. The second-order valence-corrected chi connectivity index (χ2v) is 17.5. The van der Waals surface area contributed by atoms with Gasteiger partial charge in [-0.25, -0.2) is 0 Å². The minimum absolute atomic E-state index is 0.110. The maximum Gasteiger partial charge on any atom is 0.123 e. The maximum atomic E-state index is 10.6. The van der Waals surface area contributed by atoms with Crippen LogP contribution in [0.1, 0.15) is 60.3 Å². The van der Waals surface area contributed by atoms with Gasteiger partial charge in [-0.3, -0.25) is 24.7 Å². The number of piperidine rings is 2. The molecule has 65 heavy (non-hydrogen) atoms. The van der Waals surface area contributed by atoms with Crippen molar-refractivity contribution < 1.29 is 14.3 Å². The Labute approximate surface area is 396 Å². The Hall–Kier alpha value is -5.13. The van der Waals surface area contributed by atoms with Crippen LogP contribution in [0.4, 0.5) is 0 Å². The van der Waals surface area contributed by atoms with Crippen molar-refractivity contribution in [2.75, 3.05) is 73.1 Å². The van der Waals surface area contributed by atoms with Crippen molar-refractivity contribution in [1.29, 1.82) is 0 Å². The Kier molecular flexibility index (Phi) is 20.8. The number of carbonyl (C=O) groups excluding carboxylic acids is 1. The normalized spacial score (nSPS) is 15.7. The van der Waals surface area contributed by atoms with Crippen LogP contribution in [0.2, 0.25) is 10.0 Å². The molecule has 2 atom stereocenters. The first-order chi connectivity index (χ1) is 31.9. The third kappa shape index (κ3) is 16.7. The van der Waals surface area contributed by atoms with E-state index in [0.717, 1.165) is 117 Å². The molecule has 6 aromatic rings. The lowest BCUT2D eigenvalue weighted by molar-refractivity contribution is -0.112. The van der Waals surface area contributed by atoms with Gasteiger partial charge in [0.05, 0.1) is 23.5 Å². The maximum absolute atomic E-state index is 10.6. The lowest BCUT2D eigenvalue weighted by Gasteiger charge is -2.36. The molecule has 2 saturated heterocycles. The molecule has 4 aromatic carbocycles. The third-order valence-corrected chi connectivity index (χ3v) is 12.5. The molecular formula is C54H64Cl2N6O3. The number of aromatic nitrogens is 2. The largest absolute Gasteiger partial charge is 0.492 e. The van der Waals surface area contributed by atoms with Gasteiger partial charge in [-0.05, 0) is 156 Å².